The summed E-state index contributed by atoms with van der Waals surface area (Å²) in [5.41, 5.74) is 0.973. The van der Waals surface area contributed by atoms with Gasteiger partial charge in [0.2, 0.25) is 0 Å². The van der Waals surface area contributed by atoms with Crippen LogP contribution in [0.5, 0.6) is 5.75 Å². The number of hydrogen-bond donors (Lipinski definition) is 2. The third kappa shape index (κ3) is 6.10. The zero-order valence-corrected chi connectivity index (χ0v) is 11.4. The van der Waals surface area contributed by atoms with Crippen LogP contribution in [-0.4, -0.2) is 31.5 Å². The Kier molecular flexibility index (Phi) is 6.74. The van der Waals surface area contributed by atoms with Crippen molar-refractivity contribution >= 4 is 6.09 Å². The summed E-state index contributed by atoms with van der Waals surface area (Å²) in [5.74, 6) is 0.945. The lowest BCUT2D eigenvalue weighted by Gasteiger charge is -2.11. The minimum Gasteiger partial charge on any atom is -0.497 e. The second kappa shape index (κ2) is 8.37. The van der Waals surface area contributed by atoms with Crippen LogP contribution in [0.2, 0.25) is 0 Å². The Morgan fingerprint density at radius 3 is 2.63 bits per heavy atom. The Labute approximate surface area is 113 Å². The number of aliphatic hydroxyl groups excluding tert-OH is 1. The highest BCUT2D eigenvalue weighted by atomic mass is 16.5. The van der Waals surface area contributed by atoms with E-state index in [0.29, 0.717) is 19.6 Å². The van der Waals surface area contributed by atoms with Crippen molar-refractivity contribution < 1.29 is 19.4 Å². The fourth-order valence-electron chi connectivity index (χ4n) is 1.49. The SMILES string of the molecule is COc1ccc(CNC(=O)OCC(C)CCO)cc1. The van der Waals surface area contributed by atoms with Crippen LogP contribution >= 0.6 is 0 Å². The van der Waals surface area contributed by atoms with Crippen LogP contribution in [-0.2, 0) is 11.3 Å². The van der Waals surface area contributed by atoms with Crippen molar-refractivity contribution in [2.75, 3.05) is 20.3 Å². The summed E-state index contributed by atoms with van der Waals surface area (Å²) in [6, 6.07) is 7.44. The summed E-state index contributed by atoms with van der Waals surface area (Å²) in [6.45, 7) is 2.76. The van der Waals surface area contributed by atoms with Crippen molar-refractivity contribution in [3.05, 3.63) is 29.8 Å². The largest absolute Gasteiger partial charge is 0.497 e. The number of methoxy groups -OCH3 is 1. The topological polar surface area (TPSA) is 67.8 Å². The Morgan fingerprint density at radius 2 is 2.05 bits per heavy atom. The van der Waals surface area contributed by atoms with Crippen molar-refractivity contribution in [1.82, 2.24) is 5.32 Å². The van der Waals surface area contributed by atoms with E-state index in [1.54, 1.807) is 7.11 Å². The van der Waals surface area contributed by atoms with Crippen LogP contribution in [0, 0.1) is 5.92 Å². The molecule has 1 rings (SSSR count). The molecule has 0 spiro atoms. The molecule has 0 aromatic heterocycles. The van der Waals surface area contributed by atoms with Gasteiger partial charge in [0.1, 0.15) is 5.75 Å². The molecule has 1 unspecified atom stereocenters. The summed E-state index contributed by atoms with van der Waals surface area (Å²) < 4.78 is 10.1. The molecule has 0 saturated carbocycles. The molecule has 0 fully saturated rings. The van der Waals surface area contributed by atoms with Gasteiger partial charge in [0.05, 0.1) is 13.7 Å². The molecule has 1 amide bonds. The number of carbonyl (C=O) groups excluding carboxylic acids is 1. The number of carbonyl (C=O) groups is 1. The van der Waals surface area contributed by atoms with Gasteiger partial charge in [0.15, 0.2) is 0 Å². The molecule has 0 heterocycles. The molecule has 0 saturated heterocycles. The van der Waals surface area contributed by atoms with Gasteiger partial charge in [-0.1, -0.05) is 19.1 Å². The van der Waals surface area contributed by atoms with Gasteiger partial charge in [-0.05, 0) is 30.0 Å². The molecule has 0 bridgehead atoms. The zero-order chi connectivity index (χ0) is 14.1. The summed E-state index contributed by atoms with van der Waals surface area (Å²) in [6.07, 6.45) is 0.187. The quantitative estimate of drug-likeness (QED) is 0.792. The van der Waals surface area contributed by atoms with Gasteiger partial charge in [-0.3, -0.25) is 0 Å². The number of ether oxygens (including phenoxy) is 2. The van der Waals surface area contributed by atoms with Gasteiger partial charge in [0, 0.05) is 13.2 Å². The summed E-state index contributed by atoms with van der Waals surface area (Å²) >= 11 is 0. The van der Waals surface area contributed by atoms with Gasteiger partial charge in [-0.25, -0.2) is 4.79 Å². The number of benzene rings is 1. The lowest BCUT2D eigenvalue weighted by atomic mass is 10.1. The molecule has 0 aliphatic heterocycles. The smallest absolute Gasteiger partial charge is 0.407 e. The molecule has 2 N–H and O–H groups in total. The first kappa shape index (κ1) is 15.3. The first-order valence-corrected chi connectivity index (χ1v) is 6.30. The van der Waals surface area contributed by atoms with Crippen molar-refractivity contribution in [3.63, 3.8) is 0 Å². The predicted molar refractivity (Wildman–Crippen MR) is 72.0 cm³/mol. The Hall–Kier alpha value is -1.75. The molecule has 0 aliphatic rings. The van der Waals surface area contributed by atoms with Crippen molar-refractivity contribution in [2.24, 2.45) is 5.92 Å². The number of amides is 1. The van der Waals surface area contributed by atoms with E-state index in [0.717, 1.165) is 11.3 Å². The Morgan fingerprint density at radius 1 is 1.37 bits per heavy atom. The molecule has 0 radical (unpaired) electrons. The second-order valence-corrected chi connectivity index (χ2v) is 4.42. The summed E-state index contributed by atoms with van der Waals surface area (Å²) in [7, 11) is 1.61. The molecule has 19 heavy (non-hydrogen) atoms. The monoisotopic (exact) mass is 267 g/mol. The van der Waals surface area contributed by atoms with E-state index in [4.69, 9.17) is 14.6 Å². The molecule has 5 heteroatoms. The van der Waals surface area contributed by atoms with E-state index in [1.165, 1.54) is 0 Å². The number of nitrogens with one attached hydrogen (secondary N) is 1. The predicted octanol–water partition coefficient (Wildman–Crippen LogP) is 1.94. The van der Waals surface area contributed by atoms with Crippen molar-refractivity contribution in [2.45, 2.75) is 19.9 Å². The minimum absolute atomic E-state index is 0.109. The van der Waals surface area contributed by atoms with E-state index in [9.17, 15) is 4.79 Å². The fraction of sp³-hybridized carbons (Fsp3) is 0.500. The maximum Gasteiger partial charge on any atom is 0.407 e. The average molecular weight is 267 g/mol. The highest BCUT2D eigenvalue weighted by Gasteiger charge is 2.06. The molecular formula is C14H21NO4. The second-order valence-electron chi connectivity index (χ2n) is 4.42. The van der Waals surface area contributed by atoms with Gasteiger partial charge >= 0.3 is 6.09 Å². The Balaban J connectivity index is 2.25. The van der Waals surface area contributed by atoms with Crippen LogP contribution in [0.1, 0.15) is 18.9 Å². The van der Waals surface area contributed by atoms with E-state index >= 15 is 0 Å². The highest BCUT2D eigenvalue weighted by Crippen LogP contribution is 2.11. The molecule has 1 aromatic carbocycles. The molecule has 1 aromatic rings. The van der Waals surface area contributed by atoms with Gasteiger partial charge in [-0.15, -0.1) is 0 Å². The van der Waals surface area contributed by atoms with E-state index in [2.05, 4.69) is 5.32 Å². The number of rotatable bonds is 7. The zero-order valence-electron chi connectivity index (χ0n) is 11.4. The lowest BCUT2D eigenvalue weighted by molar-refractivity contribution is 0.121. The van der Waals surface area contributed by atoms with Crippen molar-refractivity contribution in [3.8, 4) is 5.75 Å². The molecular weight excluding hydrogens is 246 g/mol. The van der Waals surface area contributed by atoms with Crippen molar-refractivity contribution in [1.29, 1.82) is 0 Å². The number of alkyl carbamates (subject to hydrolysis) is 1. The van der Waals surface area contributed by atoms with Crippen LogP contribution in [0.15, 0.2) is 24.3 Å². The molecule has 1 atom stereocenters. The third-order valence-corrected chi connectivity index (χ3v) is 2.72. The summed E-state index contributed by atoms with van der Waals surface area (Å²) in [5, 5.41) is 11.4. The third-order valence-electron chi connectivity index (χ3n) is 2.72. The van der Waals surface area contributed by atoms with Gasteiger partial charge < -0.3 is 19.9 Å². The van der Waals surface area contributed by atoms with Crippen LogP contribution < -0.4 is 10.1 Å². The molecule has 0 aliphatic carbocycles. The fourth-order valence-corrected chi connectivity index (χ4v) is 1.49. The standard InChI is InChI=1S/C14H21NO4/c1-11(7-8-16)10-19-14(17)15-9-12-3-5-13(18-2)6-4-12/h3-6,11,16H,7-10H2,1-2H3,(H,15,17). The van der Waals surface area contributed by atoms with Gasteiger partial charge in [-0.2, -0.15) is 0 Å². The normalized spacial score (nSPS) is 11.7. The van der Waals surface area contributed by atoms with E-state index < -0.39 is 6.09 Å². The van der Waals surface area contributed by atoms with E-state index in [1.807, 2.05) is 31.2 Å². The van der Waals surface area contributed by atoms with Crippen LogP contribution in [0.25, 0.3) is 0 Å². The number of aliphatic hydroxyl groups is 1. The maximum atomic E-state index is 11.4. The average Bonchev–Trinajstić information content (AvgIpc) is 2.44. The minimum atomic E-state index is -0.444. The Bertz CT molecular complexity index is 378. The molecule has 5 nitrogen and oxygen atoms in total. The first-order valence-electron chi connectivity index (χ1n) is 6.30. The first-order chi connectivity index (χ1) is 9.15. The number of hydrogen-bond acceptors (Lipinski definition) is 4. The summed E-state index contributed by atoms with van der Waals surface area (Å²) in [4.78, 5) is 11.4. The van der Waals surface area contributed by atoms with Gasteiger partial charge in [0.25, 0.3) is 0 Å². The van der Waals surface area contributed by atoms with Crippen LogP contribution in [0.4, 0.5) is 4.79 Å². The highest BCUT2D eigenvalue weighted by molar-refractivity contribution is 5.67. The maximum absolute atomic E-state index is 11.4. The van der Waals surface area contributed by atoms with Crippen LogP contribution in [0.3, 0.4) is 0 Å². The molecule has 106 valence electrons. The van der Waals surface area contributed by atoms with E-state index in [-0.39, 0.29) is 12.5 Å². The lowest BCUT2D eigenvalue weighted by Crippen LogP contribution is -2.25.